The fourth-order valence-electron chi connectivity index (χ4n) is 3.67. The van der Waals surface area contributed by atoms with E-state index in [0.29, 0.717) is 29.3 Å². The fraction of sp³-hybridized carbons (Fsp3) is 0.364. The molecule has 3 rings (SSSR count). The molecule has 2 aromatic rings. The van der Waals surface area contributed by atoms with Crippen LogP contribution in [0.3, 0.4) is 0 Å². The molecule has 0 radical (unpaired) electrons. The van der Waals surface area contributed by atoms with E-state index >= 15 is 0 Å². The third kappa shape index (κ3) is 3.68. The summed E-state index contributed by atoms with van der Waals surface area (Å²) in [5, 5.41) is 10.0. The summed E-state index contributed by atoms with van der Waals surface area (Å²) in [6.45, 7) is 4.71. The quantitative estimate of drug-likeness (QED) is 0.834. The van der Waals surface area contributed by atoms with Crippen molar-refractivity contribution in [3.8, 4) is 5.75 Å². The number of amides is 1. The Hall–Kier alpha value is -2.82. The van der Waals surface area contributed by atoms with E-state index in [2.05, 4.69) is 13.8 Å². The molecule has 1 amide bonds. The van der Waals surface area contributed by atoms with Crippen LogP contribution < -0.4 is 4.74 Å². The van der Waals surface area contributed by atoms with Crippen molar-refractivity contribution in [3.63, 3.8) is 0 Å². The monoisotopic (exact) mass is 367 g/mol. The number of carbonyl (C=O) groups excluding carboxylic acids is 1. The normalized spacial score (nSPS) is 19.1. The highest BCUT2D eigenvalue weighted by atomic mass is 16.5. The Morgan fingerprint density at radius 2 is 1.81 bits per heavy atom. The van der Waals surface area contributed by atoms with Gasteiger partial charge in [0.1, 0.15) is 11.7 Å². The number of aliphatic carboxylic acids is 1. The van der Waals surface area contributed by atoms with E-state index in [1.54, 1.807) is 48.4 Å². The number of carboxylic acid groups (broad SMARTS) is 1. The second kappa shape index (κ2) is 7.82. The van der Waals surface area contributed by atoms with Gasteiger partial charge >= 0.3 is 5.97 Å². The van der Waals surface area contributed by atoms with Gasteiger partial charge < -0.3 is 14.7 Å². The minimum atomic E-state index is -0.926. The second-order valence-electron chi connectivity index (χ2n) is 7.30. The number of methoxy groups -OCH3 is 1. The van der Waals surface area contributed by atoms with E-state index in [0.717, 1.165) is 12.0 Å². The predicted molar refractivity (Wildman–Crippen MR) is 103 cm³/mol. The fourth-order valence-corrected chi connectivity index (χ4v) is 3.67. The highest BCUT2D eigenvalue weighted by Crippen LogP contribution is 2.43. The molecule has 5 nitrogen and oxygen atoms in total. The van der Waals surface area contributed by atoms with Crippen LogP contribution in [0, 0.1) is 5.92 Å². The van der Waals surface area contributed by atoms with Crippen LogP contribution in [-0.4, -0.2) is 35.5 Å². The van der Waals surface area contributed by atoms with E-state index in [1.165, 1.54) is 0 Å². The molecule has 0 aromatic heterocycles. The van der Waals surface area contributed by atoms with E-state index in [9.17, 15) is 14.7 Å². The van der Waals surface area contributed by atoms with Crippen LogP contribution in [0.15, 0.2) is 48.5 Å². The number of nitrogens with zero attached hydrogens (tertiary/aromatic N) is 1. The van der Waals surface area contributed by atoms with Crippen molar-refractivity contribution in [2.45, 2.75) is 32.2 Å². The first kappa shape index (κ1) is 19.0. The first-order valence-electron chi connectivity index (χ1n) is 9.20. The van der Waals surface area contributed by atoms with Crippen molar-refractivity contribution < 1.29 is 19.4 Å². The predicted octanol–water partition coefficient (Wildman–Crippen LogP) is 4.11. The standard InChI is InChI=1S/C22H25NO4/c1-14(2)12-13-23-20(15-8-10-16(27-3)11-9-15)19(22(25)26)17-6-4-5-7-18(17)21(23)24/h4-11,14,19-20H,12-13H2,1-3H3,(H,25,26). The molecular formula is C22H25NO4. The van der Waals surface area contributed by atoms with Gasteiger partial charge in [-0.2, -0.15) is 0 Å². The molecule has 0 saturated heterocycles. The average molecular weight is 367 g/mol. The maximum Gasteiger partial charge on any atom is 0.313 e. The molecular weight excluding hydrogens is 342 g/mol. The molecule has 27 heavy (non-hydrogen) atoms. The van der Waals surface area contributed by atoms with Crippen LogP contribution in [0.5, 0.6) is 5.75 Å². The summed E-state index contributed by atoms with van der Waals surface area (Å²) in [7, 11) is 1.59. The maximum atomic E-state index is 13.2. The summed E-state index contributed by atoms with van der Waals surface area (Å²) in [5.74, 6) is -0.731. The number of benzene rings is 2. The highest BCUT2D eigenvalue weighted by Gasteiger charge is 2.44. The van der Waals surface area contributed by atoms with E-state index < -0.39 is 17.9 Å². The van der Waals surface area contributed by atoms with E-state index in [4.69, 9.17) is 4.74 Å². The number of carboxylic acids is 1. The SMILES string of the molecule is COc1ccc(C2C(C(=O)O)c3ccccc3C(=O)N2CCC(C)C)cc1. The summed E-state index contributed by atoms with van der Waals surface area (Å²) < 4.78 is 5.22. The van der Waals surface area contributed by atoms with Crippen LogP contribution in [0.25, 0.3) is 0 Å². The van der Waals surface area contributed by atoms with Gasteiger partial charge in [0.05, 0.1) is 13.2 Å². The molecule has 1 aliphatic heterocycles. The zero-order chi connectivity index (χ0) is 19.6. The van der Waals surface area contributed by atoms with Gasteiger partial charge in [0.15, 0.2) is 0 Å². The van der Waals surface area contributed by atoms with Crippen molar-refractivity contribution in [2.75, 3.05) is 13.7 Å². The Balaban J connectivity index is 2.13. The Morgan fingerprint density at radius 1 is 1.15 bits per heavy atom. The molecule has 1 heterocycles. The lowest BCUT2D eigenvalue weighted by Gasteiger charge is -2.41. The van der Waals surface area contributed by atoms with Crippen molar-refractivity contribution in [2.24, 2.45) is 5.92 Å². The number of rotatable bonds is 6. The Morgan fingerprint density at radius 3 is 2.41 bits per heavy atom. The van der Waals surface area contributed by atoms with Crippen LogP contribution in [0.1, 0.15) is 53.7 Å². The summed E-state index contributed by atoms with van der Waals surface area (Å²) in [6.07, 6.45) is 0.812. The molecule has 2 unspecified atom stereocenters. The lowest BCUT2D eigenvalue weighted by atomic mass is 9.79. The van der Waals surface area contributed by atoms with Gasteiger partial charge in [0.2, 0.25) is 0 Å². The summed E-state index contributed by atoms with van der Waals surface area (Å²) in [4.78, 5) is 27.2. The van der Waals surface area contributed by atoms with Crippen LogP contribution in [0.4, 0.5) is 0 Å². The van der Waals surface area contributed by atoms with Gasteiger partial charge in [0.25, 0.3) is 5.91 Å². The summed E-state index contributed by atoms with van der Waals surface area (Å²) in [5.41, 5.74) is 1.87. The van der Waals surface area contributed by atoms with Gasteiger partial charge in [0, 0.05) is 12.1 Å². The first-order chi connectivity index (χ1) is 12.9. The minimum absolute atomic E-state index is 0.107. The molecule has 142 valence electrons. The average Bonchev–Trinajstić information content (AvgIpc) is 2.66. The first-order valence-corrected chi connectivity index (χ1v) is 9.20. The largest absolute Gasteiger partial charge is 0.497 e. The third-order valence-corrected chi connectivity index (χ3v) is 5.11. The molecule has 0 bridgehead atoms. The number of hydrogen-bond acceptors (Lipinski definition) is 3. The molecule has 0 aliphatic carbocycles. The molecule has 0 fully saturated rings. The molecule has 2 atom stereocenters. The Bertz CT molecular complexity index is 828. The molecule has 5 heteroatoms. The lowest BCUT2D eigenvalue weighted by molar-refractivity contribution is -0.140. The number of ether oxygens (including phenoxy) is 1. The van der Waals surface area contributed by atoms with Crippen molar-refractivity contribution in [3.05, 3.63) is 65.2 Å². The van der Waals surface area contributed by atoms with Crippen molar-refractivity contribution in [1.82, 2.24) is 4.90 Å². The van der Waals surface area contributed by atoms with Gasteiger partial charge in [-0.25, -0.2) is 0 Å². The van der Waals surface area contributed by atoms with Crippen molar-refractivity contribution >= 4 is 11.9 Å². The van der Waals surface area contributed by atoms with E-state index in [-0.39, 0.29) is 5.91 Å². The molecule has 1 N–H and O–H groups in total. The number of carbonyl (C=O) groups is 2. The topological polar surface area (TPSA) is 66.8 Å². The van der Waals surface area contributed by atoms with Crippen LogP contribution >= 0.6 is 0 Å². The minimum Gasteiger partial charge on any atom is -0.497 e. The Labute approximate surface area is 159 Å². The van der Waals surface area contributed by atoms with Crippen LogP contribution in [0.2, 0.25) is 0 Å². The number of fused-ring (bicyclic) bond motifs is 1. The lowest BCUT2D eigenvalue weighted by Crippen LogP contribution is -2.45. The molecule has 0 saturated carbocycles. The van der Waals surface area contributed by atoms with E-state index in [1.807, 2.05) is 12.1 Å². The third-order valence-electron chi connectivity index (χ3n) is 5.11. The van der Waals surface area contributed by atoms with Gasteiger partial charge in [-0.3, -0.25) is 9.59 Å². The van der Waals surface area contributed by atoms with Crippen molar-refractivity contribution in [1.29, 1.82) is 0 Å². The Kier molecular flexibility index (Phi) is 5.49. The molecule has 0 spiro atoms. The maximum absolute atomic E-state index is 13.2. The zero-order valence-corrected chi connectivity index (χ0v) is 15.9. The molecule has 2 aromatic carbocycles. The van der Waals surface area contributed by atoms with Gasteiger partial charge in [-0.1, -0.05) is 44.2 Å². The second-order valence-corrected chi connectivity index (χ2v) is 7.30. The zero-order valence-electron chi connectivity index (χ0n) is 15.9. The smallest absolute Gasteiger partial charge is 0.313 e. The van der Waals surface area contributed by atoms with Gasteiger partial charge in [-0.15, -0.1) is 0 Å². The highest BCUT2D eigenvalue weighted by molar-refractivity contribution is 6.00. The summed E-state index contributed by atoms with van der Waals surface area (Å²) in [6, 6.07) is 13.8. The number of hydrogen-bond donors (Lipinski definition) is 1. The van der Waals surface area contributed by atoms with Gasteiger partial charge in [-0.05, 0) is 41.7 Å². The van der Waals surface area contributed by atoms with Crippen LogP contribution in [-0.2, 0) is 4.79 Å². The summed E-state index contributed by atoms with van der Waals surface area (Å²) >= 11 is 0. The molecule has 1 aliphatic rings.